The van der Waals surface area contributed by atoms with Crippen molar-refractivity contribution in [1.82, 2.24) is 4.90 Å². The van der Waals surface area contributed by atoms with Gasteiger partial charge in [0.05, 0.1) is 12.7 Å². The lowest BCUT2D eigenvalue weighted by atomic mass is 9.80. The van der Waals surface area contributed by atoms with Crippen molar-refractivity contribution in [3.63, 3.8) is 0 Å². The highest BCUT2D eigenvalue weighted by Crippen LogP contribution is 2.32. The summed E-state index contributed by atoms with van der Waals surface area (Å²) in [6, 6.07) is 0.877. The van der Waals surface area contributed by atoms with E-state index in [2.05, 4.69) is 18.9 Å². The van der Waals surface area contributed by atoms with Crippen LogP contribution in [0.5, 0.6) is 0 Å². The third kappa shape index (κ3) is 3.21. The maximum atomic E-state index is 10.2. The molecule has 0 aromatic rings. The van der Waals surface area contributed by atoms with Gasteiger partial charge in [0.1, 0.15) is 0 Å². The molecule has 2 fully saturated rings. The second kappa shape index (κ2) is 6.17. The minimum absolute atomic E-state index is 0.131. The number of ether oxygens (including phenoxy) is 1. The molecule has 1 heterocycles. The van der Waals surface area contributed by atoms with Gasteiger partial charge in [0.25, 0.3) is 0 Å². The van der Waals surface area contributed by atoms with Crippen molar-refractivity contribution >= 4 is 0 Å². The number of rotatable bonds is 4. The lowest BCUT2D eigenvalue weighted by Crippen LogP contribution is -2.50. The molecule has 3 heteroatoms. The molecular formula is C14H27NO2. The van der Waals surface area contributed by atoms with Crippen LogP contribution in [0.25, 0.3) is 0 Å². The summed E-state index contributed by atoms with van der Waals surface area (Å²) in [5.74, 6) is 0.818. The largest absolute Gasteiger partial charge is 0.391 e. The molecule has 2 rings (SSSR count). The van der Waals surface area contributed by atoms with Gasteiger partial charge >= 0.3 is 0 Å². The Bertz CT molecular complexity index is 228. The molecule has 3 nitrogen and oxygen atoms in total. The van der Waals surface area contributed by atoms with Crippen LogP contribution < -0.4 is 0 Å². The van der Waals surface area contributed by atoms with Gasteiger partial charge in [0.2, 0.25) is 0 Å². The average Bonchev–Trinajstić information content (AvgIpc) is 2.85. The second-order valence-corrected chi connectivity index (χ2v) is 5.79. The fraction of sp³-hybridized carbons (Fsp3) is 1.00. The van der Waals surface area contributed by atoms with Gasteiger partial charge < -0.3 is 9.84 Å². The zero-order valence-electron chi connectivity index (χ0n) is 11.3. The van der Waals surface area contributed by atoms with Crippen molar-refractivity contribution in [3.8, 4) is 0 Å². The number of aliphatic hydroxyl groups excluding tert-OH is 1. The smallest absolute Gasteiger partial charge is 0.0695 e. The summed E-state index contributed by atoms with van der Waals surface area (Å²) in [5.41, 5.74) is 0. The maximum Gasteiger partial charge on any atom is 0.0695 e. The van der Waals surface area contributed by atoms with Crippen LogP contribution >= 0.6 is 0 Å². The molecule has 4 atom stereocenters. The number of likely N-dealkylation sites (N-methyl/N-ethyl adjacent to an activating group) is 1. The Morgan fingerprint density at radius 2 is 2.12 bits per heavy atom. The van der Waals surface area contributed by atoms with Gasteiger partial charge in [-0.05, 0) is 38.6 Å². The highest BCUT2D eigenvalue weighted by molar-refractivity contribution is 4.89. The molecule has 100 valence electrons. The number of hydrogen-bond acceptors (Lipinski definition) is 3. The normalized spacial score (nSPS) is 38.8. The minimum atomic E-state index is -0.131. The lowest BCUT2D eigenvalue weighted by molar-refractivity contribution is -0.00631. The van der Waals surface area contributed by atoms with Gasteiger partial charge in [-0.3, -0.25) is 4.90 Å². The van der Waals surface area contributed by atoms with Gasteiger partial charge in [-0.1, -0.05) is 19.8 Å². The average molecular weight is 241 g/mol. The fourth-order valence-corrected chi connectivity index (χ4v) is 3.44. The Morgan fingerprint density at radius 1 is 1.29 bits per heavy atom. The van der Waals surface area contributed by atoms with Crippen molar-refractivity contribution in [3.05, 3.63) is 0 Å². The third-order valence-corrected chi connectivity index (χ3v) is 4.59. The number of hydrogen-bond donors (Lipinski definition) is 1. The van der Waals surface area contributed by atoms with Crippen LogP contribution in [0.15, 0.2) is 0 Å². The Morgan fingerprint density at radius 3 is 2.76 bits per heavy atom. The fourth-order valence-electron chi connectivity index (χ4n) is 3.44. The van der Waals surface area contributed by atoms with Crippen LogP contribution in [0.2, 0.25) is 0 Å². The van der Waals surface area contributed by atoms with E-state index in [1.165, 1.54) is 25.7 Å². The molecule has 1 aliphatic carbocycles. The zero-order chi connectivity index (χ0) is 12.3. The van der Waals surface area contributed by atoms with E-state index in [9.17, 15) is 5.11 Å². The molecule has 1 saturated carbocycles. The topological polar surface area (TPSA) is 32.7 Å². The first-order valence-electron chi connectivity index (χ1n) is 7.20. The highest BCUT2D eigenvalue weighted by atomic mass is 16.5. The van der Waals surface area contributed by atoms with Gasteiger partial charge in [0.15, 0.2) is 0 Å². The summed E-state index contributed by atoms with van der Waals surface area (Å²) in [6.07, 6.45) is 6.93. The molecule has 4 unspecified atom stereocenters. The van der Waals surface area contributed by atoms with Crippen molar-refractivity contribution in [2.75, 3.05) is 20.3 Å². The predicted octanol–water partition coefficient (Wildman–Crippen LogP) is 2.04. The number of aliphatic hydroxyl groups is 1. The molecule has 17 heavy (non-hydrogen) atoms. The monoisotopic (exact) mass is 241 g/mol. The summed E-state index contributed by atoms with van der Waals surface area (Å²) in [4.78, 5) is 2.39. The molecule has 0 radical (unpaired) electrons. The van der Waals surface area contributed by atoms with Crippen molar-refractivity contribution in [1.29, 1.82) is 0 Å². The standard InChI is InChI=1S/C14H27NO2/c1-3-4-11-5-6-14(16)13(9-11)15(2)12-7-8-17-10-12/h11-14,16H,3-10H2,1-2H3. The SMILES string of the molecule is CCCC1CCC(O)C(N(C)C2CCOC2)C1. The molecule has 1 saturated heterocycles. The molecule has 0 aromatic carbocycles. The Labute approximate surface area is 105 Å². The van der Waals surface area contributed by atoms with E-state index in [0.717, 1.165) is 32.0 Å². The van der Waals surface area contributed by atoms with Crippen molar-refractivity contribution < 1.29 is 9.84 Å². The summed E-state index contributed by atoms with van der Waals surface area (Å²) in [7, 11) is 2.17. The van der Waals surface area contributed by atoms with Gasteiger partial charge in [-0.25, -0.2) is 0 Å². The predicted molar refractivity (Wildman–Crippen MR) is 69.0 cm³/mol. The van der Waals surface area contributed by atoms with Gasteiger partial charge in [-0.2, -0.15) is 0 Å². The Hall–Kier alpha value is -0.120. The molecule has 1 aliphatic heterocycles. The molecule has 2 aliphatic rings. The maximum absolute atomic E-state index is 10.2. The third-order valence-electron chi connectivity index (χ3n) is 4.59. The Balaban J connectivity index is 1.91. The van der Waals surface area contributed by atoms with E-state index >= 15 is 0 Å². The Kier molecular flexibility index (Phi) is 4.83. The quantitative estimate of drug-likeness (QED) is 0.817. The summed E-state index contributed by atoms with van der Waals surface area (Å²) in [6.45, 7) is 3.99. The molecule has 0 amide bonds. The highest BCUT2D eigenvalue weighted by Gasteiger charge is 2.35. The van der Waals surface area contributed by atoms with Crippen LogP contribution in [0.3, 0.4) is 0 Å². The first-order valence-corrected chi connectivity index (χ1v) is 7.20. The van der Waals surface area contributed by atoms with E-state index in [1.54, 1.807) is 0 Å². The first-order chi connectivity index (χ1) is 8.22. The van der Waals surface area contributed by atoms with Gasteiger partial charge in [0, 0.05) is 18.7 Å². The first kappa shape index (κ1) is 13.3. The molecule has 0 aromatic heterocycles. The van der Waals surface area contributed by atoms with Crippen LogP contribution in [-0.4, -0.2) is 48.5 Å². The summed E-state index contributed by atoms with van der Waals surface area (Å²) < 4.78 is 5.46. The van der Waals surface area contributed by atoms with Crippen molar-refractivity contribution in [2.24, 2.45) is 5.92 Å². The number of nitrogens with zero attached hydrogens (tertiary/aromatic N) is 1. The zero-order valence-corrected chi connectivity index (χ0v) is 11.3. The van der Waals surface area contributed by atoms with E-state index in [1.807, 2.05) is 0 Å². The van der Waals surface area contributed by atoms with E-state index in [0.29, 0.717) is 12.1 Å². The van der Waals surface area contributed by atoms with Crippen LogP contribution in [-0.2, 0) is 4.74 Å². The van der Waals surface area contributed by atoms with E-state index in [4.69, 9.17) is 4.74 Å². The summed E-state index contributed by atoms with van der Waals surface area (Å²) in [5, 5.41) is 10.2. The molecular weight excluding hydrogens is 214 g/mol. The second-order valence-electron chi connectivity index (χ2n) is 5.79. The molecule has 0 spiro atoms. The minimum Gasteiger partial charge on any atom is -0.391 e. The molecule has 0 bridgehead atoms. The molecule has 1 N–H and O–H groups in total. The van der Waals surface area contributed by atoms with Crippen LogP contribution in [0.1, 0.15) is 45.4 Å². The van der Waals surface area contributed by atoms with Crippen LogP contribution in [0.4, 0.5) is 0 Å². The van der Waals surface area contributed by atoms with Crippen LogP contribution in [0, 0.1) is 5.92 Å². The van der Waals surface area contributed by atoms with Gasteiger partial charge in [-0.15, -0.1) is 0 Å². The van der Waals surface area contributed by atoms with Crippen molar-refractivity contribution in [2.45, 2.75) is 63.6 Å². The van der Waals surface area contributed by atoms with E-state index < -0.39 is 0 Å². The lowest BCUT2D eigenvalue weighted by Gasteiger charge is -2.41. The van der Waals surface area contributed by atoms with E-state index in [-0.39, 0.29) is 6.10 Å². The summed E-state index contributed by atoms with van der Waals surface area (Å²) >= 11 is 0.